The number of benzene rings is 1. The average molecular weight is 251 g/mol. The van der Waals surface area contributed by atoms with Crippen LogP contribution in [0.3, 0.4) is 0 Å². The van der Waals surface area contributed by atoms with Crippen molar-refractivity contribution in [3.8, 4) is 0 Å². The van der Waals surface area contributed by atoms with E-state index in [0.717, 1.165) is 37.9 Å². The Morgan fingerprint density at radius 3 is 2.61 bits per heavy atom. The highest BCUT2D eigenvalue weighted by Crippen LogP contribution is 2.27. The molecule has 1 atom stereocenters. The van der Waals surface area contributed by atoms with Crippen molar-refractivity contribution in [3.63, 3.8) is 0 Å². The molecule has 4 heteroatoms. The Morgan fingerprint density at radius 2 is 2.00 bits per heavy atom. The van der Waals surface area contributed by atoms with Gasteiger partial charge in [-0.15, -0.1) is 0 Å². The Kier molecular flexibility index (Phi) is 3.97. The van der Waals surface area contributed by atoms with Crippen molar-refractivity contribution in [3.05, 3.63) is 35.1 Å². The molecule has 0 aliphatic carbocycles. The van der Waals surface area contributed by atoms with E-state index < -0.39 is 12.0 Å². The number of piperidine rings is 1. The highest BCUT2D eigenvalue weighted by molar-refractivity contribution is 5.76. The van der Waals surface area contributed by atoms with Gasteiger partial charge >= 0.3 is 5.97 Å². The molecular weight excluding hydrogens is 233 g/mol. The van der Waals surface area contributed by atoms with Crippen LogP contribution in [0.2, 0.25) is 0 Å². The monoisotopic (exact) mass is 251 g/mol. The number of carbonyl (C=O) groups is 1. The number of halogens is 1. The fourth-order valence-electron chi connectivity index (χ4n) is 2.57. The van der Waals surface area contributed by atoms with E-state index in [1.165, 1.54) is 12.1 Å². The van der Waals surface area contributed by atoms with E-state index >= 15 is 0 Å². The molecule has 0 bridgehead atoms. The van der Waals surface area contributed by atoms with Crippen LogP contribution in [0.25, 0.3) is 0 Å². The molecule has 1 aliphatic rings. The minimum atomic E-state index is -0.898. The fraction of sp³-hybridized carbons (Fsp3) is 0.500. The van der Waals surface area contributed by atoms with E-state index in [1.54, 1.807) is 6.07 Å². The molecule has 98 valence electrons. The largest absolute Gasteiger partial charge is 0.480 e. The quantitative estimate of drug-likeness (QED) is 0.898. The molecule has 1 unspecified atom stereocenters. The SMILES string of the molecule is Cc1ccc(F)cc1C(C(=O)O)N1CCCCC1. The van der Waals surface area contributed by atoms with Crippen molar-refractivity contribution in [1.82, 2.24) is 4.90 Å². The maximum absolute atomic E-state index is 13.3. The third-order valence-electron chi connectivity index (χ3n) is 3.53. The average Bonchev–Trinajstić information content (AvgIpc) is 2.35. The maximum Gasteiger partial charge on any atom is 0.325 e. The third-order valence-corrected chi connectivity index (χ3v) is 3.53. The summed E-state index contributed by atoms with van der Waals surface area (Å²) in [6.45, 7) is 3.37. The van der Waals surface area contributed by atoms with Gasteiger partial charge < -0.3 is 5.11 Å². The second kappa shape index (κ2) is 5.48. The summed E-state index contributed by atoms with van der Waals surface area (Å²) in [4.78, 5) is 13.4. The first-order valence-electron chi connectivity index (χ1n) is 6.32. The lowest BCUT2D eigenvalue weighted by Gasteiger charge is -2.32. The summed E-state index contributed by atoms with van der Waals surface area (Å²) in [5.74, 6) is -1.27. The molecule has 0 radical (unpaired) electrons. The van der Waals surface area contributed by atoms with Crippen molar-refractivity contribution in [2.75, 3.05) is 13.1 Å². The zero-order valence-corrected chi connectivity index (χ0v) is 10.5. The van der Waals surface area contributed by atoms with E-state index in [1.807, 2.05) is 11.8 Å². The summed E-state index contributed by atoms with van der Waals surface area (Å²) >= 11 is 0. The number of likely N-dealkylation sites (tertiary alicyclic amines) is 1. The van der Waals surface area contributed by atoms with Gasteiger partial charge in [-0.1, -0.05) is 12.5 Å². The molecule has 1 aliphatic heterocycles. The molecule has 3 nitrogen and oxygen atoms in total. The van der Waals surface area contributed by atoms with Gasteiger partial charge in [0.2, 0.25) is 0 Å². The Bertz CT molecular complexity index is 441. The number of aryl methyl sites for hydroxylation is 1. The Labute approximate surface area is 106 Å². The predicted molar refractivity (Wildman–Crippen MR) is 66.9 cm³/mol. The van der Waals surface area contributed by atoms with Gasteiger partial charge in [-0.05, 0) is 56.1 Å². The van der Waals surface area contributed by atoms with Crippen molar-refractivity contribution >= 4 is 5.97 Å². The molecule has 0 spiro atoms. The van der Waals surface area contributed by atoms with E-state index in [2.05, 4.69) is 0 Å². The maximum atomic E-state index is 13.3. The first-order chi connectivity index (χ1) is 8.59. The minimum absolute atomic E-state index is 0.376. The molecule has 1 aromatic carbocycles. The molecular formula is C14H18FNO2. The van der Waals surface area contributed by atoms with Crippen molar-refractivity contribution < 1.29 is 14.3 Å². The van der Waals surface area contributed by atoms with E-state index in [-0.39, 0.29) is 5.82 Å². The fourth-order valence-corrected chi connectivity index (χ4v) is 2.57. The summed E-state index contributed by atoms with van der Waals surface area (Å²) in [6, 6.07) is 3.64. The van der Waals surface area contributed by atoms with Crippen molar-refractivity contribution in [2.45, 2.75) is 32.2 Å². The first kappa shape index (κ1) is 13.0. The lowest BCUT2D eigenvalue weighted by Crippen LogP contribution is -2.38. The summed E-state index contributed by atoms with van der Waals surface area (Å²) in [7, 11) is 0. The topological polar surface area (TPSA) is 40.5 Å². The highest BCUT2D eigenvalue weighted by Gasteiger charge is 2.29. The zero-order chi connectivity index (χ0) is 13.1. The molecule has 0 amide bonds. The number of carboxylic acids is 1. The molecule has 1 fully saturated rings. The molecule has 1 heterocycles. The van der Waals surface area contributed by atoms with Crippen LogP contribution >= 0.6 is 0 Å². The van der Waals surface area contributed by atoms with E-state index in [9.17, 15) is 14.3 Å². The first-order valence-corrected chi connectivity index (χ1v) is 6.32. The van der Waals surface area contributed by atoms with Gasteiger partial charge in [0.05, 0.1) is 0 Å². The number of aliphatic carboxylic acids is 1. The molecule has 1 saturated heterocycles. The standard InChI is InChI=1S/C14H18FNO2/c1-10-5-6-11(15)9-12(10)13(14(17)18)16-7-3-2-4-8-16/h5-6,9,13H,2-4,7-8H2,1H3,(H,17,18). The Balaban J connectivity index is 2.34. The Morgan fingerprint density at radius 1 is 1.33 bits per heavy atom. The van der Waals surface area contributed by atoms with Crippen LogP contribution in [0.15, 0.2) is 18.2 Å². The second-order valence-electron chi connectivity index (χ2n) is 4.84. The van der Waals surface area contributed by atoms with Crippen LogP contribution in [0.4, 0.5) is 4.39 Å². The predicted octanol–water partition coefficient (Wildman–Crippen LogP) is 2.75. The lowest BCUT2D eigenvalue weighted by molar-refractivity contribution is -0.144. The van der Waals surface area contributed by atoms with Gasteiger partial charge in [0.25, 0.3) is 0 Å². The van der Waals surface area contributed by atoms with Crippen molar-refractivity contribution in [1.29, 1.82) is 0 Å². The third kappa shape index (κ3) is 2.70. The van der Waals surface area contributed by atoms with Gasteiger partial charge in [0.1, 0.15) is 11.9 Å². The van der Waals surface area contributed by atoms with Gasteiger partial charge in [0, 0.05) is 0 Å². The number of carboxylic acid groups (broad SMARTS) is 1. The number of hydrogen-bond acceptors (Lipinski definition) is 2. The second-order valence-corrected chi connectivity index (χ2v) is 4.84. The van der Waals surface area contributed by atoms with Gasteiger partial charge in [0.15, 0.2) is 0 Å². The van der Waals surface area contributed by atoms with Crippen molar-refractivity contribution in [2.24, 2.45) is 0 Å². The number of nitrogens with zero attached hydrogens (tertiary/aromatic N) is 1. The van der Waals surface area contributed by atoms with Crippen LogP contribution in [0.5, 0.6) is 0 Å². The number of hydrogen-bond donors (Lipinski definition) is 1. The minimum Gasteiger partial charge on any atom is -0.480 e. The van der Waals surface area contributed by atoms with Gasteiger partial charge in [-0.3, -0.25) is 9.69 Å². The normalized spacial score (nSPS) is 18.6. The zero-order valence-electron chi connectivity index (χ0n) is 10.5. The van der Waals surface area contributed by atoms with Crippen LogP contribution in [-0.2, 0) is 4.79 Å². The molecule has 1 N–H and O–H groups in total. The molecule has 0 saturated carbocycles. The van der Waals surface area contributed by atoms with Gasteiger partial charge in [-0.25, -0.2) is 4.39 Å². The number of rotatable bonds is 3. The van der Waals surface area contributed by atoms with Crippen LogP contribution in [-0.4, -0.2) is 29.1 Å². The summed E-state index contributed by atoms with van der Waals surface area (Å²) in [5, 5.41) is 9.43. The molecule has 1 aromatic rings. The van der Waals surface area contributed by atoms with E-state index in [0.29, 0.717) is 5.56 Å². The molecule has 18 heavy (non-hydrogen) atoms. The Hall–Kier alpha value is -1.42. The van der Waals surface area contributed by atoms with Gasteiger partial charge in [-0.2, -0.15) is 0 Å². The molecule has 2 rings (SSSR count). The smallest absolute Gasteiger partial charge is 0.325 e. The summed E-state index contributed by atoms with van der Waals surface area (Å²) < 4.78 is 13.3. The van der Waals surface area contributed by atoms with E-state index in [4.69, 9.17) is 0 Å². The van der Waals surface area contributed by atoms with Crippen LogP contribution < -0.4 is 0 Å². The van der Waals surface area contributed by atoms with Crippen LogP contribution in [0, 0.1) is 12.7 Å². The van der Waals surface area contributed by atoms with Crippen LogP contribution in [0.1, 0.15) is 36.4 Å². The highest BCUT2D eigenvalue weighted by atomic mass is 19.1. The molecule has 0 aromatic heterocycles. The summed E-state index contributed by atoms with van der Waals surface area (Å²) in [6.07, 6.45) is 3.17. The summed E-state index contributed by atoms with van der Waals surface area (Å²) in [5.41, 5.74) is 1.40. The lowest BCUT2D eigenvalue weighted by atomic mass is 9.97.